The van der Waals surface area contributed by atoms with E-state index in [2.05, 4.69) is 26.0 Å². The molecule has 1 heterocycles. The minimum absolute atomic E-state index is 0.165. The van der Waals surface area contributed by atoms with Crippen molar-refractivity contribution < 1.29 is 19.3 Å². The van der Waals surface area contributed by atoms with E-state index in [0.717, 1.165) is 17.9 Å². The lowest BCUT2D eigenvalue weighted by Crippen LogP contribution is -2.23. The van der Waals surface area contributed by atoms with Crippen LogP contribution in [0.15, 0.2) is 48.5 Å². The van der Waals surface area contributed by atoms with Crippen LogP contribution in [0.4, 0.5) is 0 Å². The lowest BCUT2D eigenvalue weighted by Gasteiger charge is -2.26. The molecule has 0 spiro atoms. The molecule has 2 aromatic rings. The summed E-state index contributed by atoms with van der Waals surface area (Å²) in [5, 5.41) is 9.43. The molecule has 1 aliphatic rings. The van der Waals surface area contributed by atoms with Gasteiger partial charge in [-0.3, -0.25) is 0 Å². The van der Waals surface area contributed by atoms with Crippen molar-refractivity contribution in [3.05, 3.63) is 59.7 Å². The van der Waals surface area contributed by atoms with Gasteiger partial charge < -0.3 is 19.3 Å². The fourth-order valence-electron chi connectivity index (χ4n) is 2.67. The van der Waals surface area contributed by atoms with Crippen molar-refractivity contribution in [2.24, 2.45) is 0 Å². The molecule has 3 atom stereocenters. The van der Waals surface area contributed by atoms with Crippen molar-refractivity contribution in [1.29, 1.82) is 0 Å². The fraction of sp³-hybridized carbons (Fsp3) is 0.429. The number of epoxide rings is 1. The Morgan fingerprint density at radius 2 is 1.58 bits per heavy atom. The van der Waals surface area contributed by atoms with Crippen LogP contribution < -0.4 is 9.47 Å². The highest BCUT2D eigenvalue weighted by molar-refractivity contribution is 6.20. The first-order valence-corrected chi connectivity index (χ1v) is 9.24. The van der Waals surface area contributed by atoms with Gasteiger partial charge in [-0.05, 0) is 42.3 Å². The normalized spacial score (nSPS) is 18.9. The van der Waals surface area contributed by atoms with Crippen molar-refractivity contribution in [3.8, 4) is 11.5 Å². The Balaban J connectivity index is 1.68. The molecule has 3 rings (SSSR count). The van der Waals surface area contributed by atoms with Crippen LogP contribution >= 0.6 is 11.6 Å². The molecule has 0 radical (unpaired) electrons. The lowest BCUT2D eigenvalue weighted by atomic mass is 9.78. The Labute approximate surface area is 159 Å². The van der Waals surface area contributed by atoms with Gasteiger partial charge in [0.15, 0.2) is 5.56 Å². The van der Waals surface area contributed by atoms with Gasteiger partial charge in [0.25, 0.3) is 0 Å². The number of aliphatic hydroxyl groups excluding tert-OH is 1. The van der Waals surface area contributed by atoms with Gasteiger partial charge in [0.05, 0.1) is 6.61 Å². The minimum Gasteiger partial charge on any atom is -0.491 e. The van der Waals surface area contributed by atoms with Gasteiger partial charge in [0, 0.05) is 5.41 Å². The van der Waals surface area contributed by atoms with E-state index in [-0.39, 0.29) is 11.5 Å². The SMILES string of the molecule is C[C@H](O)C(Cl)Oc1ccc(C(C)(C)c2ccc(OCC3CO3)cc2)cc1. The zero-order chi connectivity index (χ0) is 18.7. The highest BCUT2D eigenvalue weighted by Crippen LogP contribution is 2.33. The van der Waals surface area contributed by atoms with Crippen LogP contribution in [0.3, 0.4) is 0 Å². The predicted molar refractivity (Wildman–Crippen MR) is 102 cm³/mol. The Hall–Kier alpha value is -1.75. The van der Waals surface area contributed by atoms with Crippen molar-refractivity contribution in [1.82, 2.24) is 0 Å². The van der Waals surface area contributed by atoms with Crippen LogP contribution in [0, 0.1) is 0 Å². The smallest absolute Gasteiger partial charge is 0.197 e. The third-order valence-electron chi connectivity index (χ3n) is 4.62. The summed E-state index contributed by atoms with van der Waals surface area (Å²) in [4.78, 5) is 0. The summed E-state index contributed by atoms with van der Waals surface area (Å²) in [6.45, 7) is 7.36. The summed E-state index contributed by atoms with van der Waals surface area (Å²) in [6.07, 6.45) is -0.478. The molecule has 0 bridgehead atoms. The van der Waals surface area contributed by atoms with Gasteiger partial charge in [-0.1, -0.05) is 49.7 Å². The van der Waals surface area contributed by atoms with Crippen molar-refractivity contribution in [2.45, 2.75) is 44.0 Å². The van der Waals surface area contributed by atoms with Gasteiger partial charge in [0.1, 0.15) is 30.3 Å². The van der Waals surface area contributed by atoms with Gasteiger partial charge >= 0.3 is 0 Å². The molecule has 1 aliphatic heterocycles. The topological polar surface area (TPSA) is 51.2 Å². The van der Waals surface area contributed by atoms with Crippen LogP contribution in [0.1, 0.15) is 31.9 Å². The van der Waals surface area contributed by atoms with E-state index < -0.39 is 11.7 Å². The molecular weight excluding hydrogens is 352 g/mol. The van der Waals surface area contributed by atoms with Crippen molar-refractivity contribution in [3.63, 3.8) is 0 Å². The molecule has 140 valence electrons. The van der Waals surface area contributed by atoms with Gasteiger partial charge in [0.2, 0.25) is 0 Å². The molecule has 0 saturated carbocycles. The highest BCUT2D eigenvalue weighted by Gasteiger charge is 2.25. The summed E-state index contributed by atoms with van der Waals surface area (Å²) < 4.78 is 16.4. The monoisotopic (exact) mass is 376 g/mol. The van der Waals surface area contributed by atoms with E-state index in [1.54, 1.807) is 6.92 Å². The summed E-state index contributed by atoms with van der Waals surface area (Å²) in [7, 11) is 0. The molecule has 5 heteroatoms. The summed E-state index contributed by atoms with van der Waals surface area (Å²) in [6, 6.07) is 16.0. The van der Waals surface area contributed by atoms with E-state index in [4.69, 9.17) is 25.8 Å². The maximum absolute atomic E-state index is 9.43. The van der Waals surface area contributed by atoms with E-state index in [9.17, 15) is 5.11 Å². The predicted octanol–water partition coefficient (Wildman–Crippen LogP) is 4.11. The quantitative estimate of drug-likeness (QED) is 0.556. The molecule has 1 saturated heterocycles. The summed E-state index contributed by atoms with van der Waals surface area (Å²) >= 11 is 5.95. The van der Waals surface area contributed by atoms with Crippen LogP contribution in [0.2, 0.25) is 0 Å². The van der Waals surface area contributed by atoms with Crippen molar-refractivity contribution in [2.75, 3.05) is 13.2 Å². The van der Waals surface area contributed by atoms with Gasteiger partial charge in [-0.25, -0.2) is 0 Å². The van der Waals surface area contributed by atoms with Crippen LogP contribution in [0.25, 0.3) is 0 Å². The zero-order valence-corrected chi connectivity index (χ0v) is 16.1. The second kappa shape index (κ2) is 7.87. The summed E-state index contributed by atoms with van der Waals surface area (Å²) in [5.41, 5.74) is 1.43. The van der Waals surface area contributed by atoms with E-state index in [1.165, 1.54) is 5.56 Å². The lowest BCUT2D eigenvalue weighted by molar-refractivity contribution is 0.0972. The summed E-state index contributed by atoms with van der Waals surface area (Å²) in [5.74, 6) is 1.49. The van der Waals surface area contributed by atoms with Crippen molar-refractivity contribution >= 4 is 11.6 Å². The molecule has 1 N–H and O–H groups in total. The molecule has 0 aliphatic carbocycles. The molecular formula is C21H25ClO4. The average molecular weight is 377 g/mol. The van der Waals surface area contributed by atoms with E-state index in [1.807, 2.05) is 36.4 Å². The number of halogens is 1. The van der Waals surface area contributed by atoms with Gasteiger partial charge in [-0.15, -0.1) is 0 Å². The van der Waals surface area contributed by atoms with Gasteiger partial charge in [-0.2, -0.15) is 0 Å². The Morgan fingerprint density at radius 3 is 2.04 bits per heavy atom. The first-order valence-electron chi connectivity index (χ1n) is 8.80. The van der Waals surface area contributed by atoms with E-state index >= 15 is 0 Å². The Morgan fingerprint density at radius 1 is 1.08 bits per heavy atom. The number of benzene rings is 2. The molecule has 1 fully saturated rings. The largest absolute Gasteiger partial charge is 0.491 e. The highest BCUT2D eigenvalue weighted by atomic mass is 35.5. The number of hydrogen-bond donors (Lipinski definition) is 1. The number of hydrogen-bond acceptors (Lipinski definition) is 4. The second-order valence-corrected chi connectivity index (χ2v) is 7.58. The maximum Gasteiger partial charge on any atom is 0.197 e. The molecule has 0 amide bonds. The van der Waals surface area contributed by atoms with E-state index in [0.29, 0.717) is 12.4 Å². The number of alkyl halides is 1. The number of rotatable bonds is 8. The second-order valence-electron chi connectivity index (χ2n) is 7.15. The fourth-order valence-corrected chi connectivity index (χ4v) is 2.77. The first kappa shape index (κ1) is 19.0. The third-order valence-corrected chi connectivity index (χ3v) is 5.07. The zero-order valence-electron chi connectivity index (χ0n) is 15.3. The third kappa shape index (κ3) is 4.70. The number of ether oxygens (including phenoxy) is 3. The number of aliphatic hydroxyl groups is 1. The Kier molecular flexibility index (Phi) is 5.76. The molecule has 4 nitrogen and oxygen atoms in total. The molecule has 0 aromatic heterocycles. The first-order chi connectivity index (χ1) is 12.4. The van der Waals surface area contributed by atoms with Crippen LogP contribution in [0.5, 0.6) is 11.5 Å². The maximum atomic E-state index is 9.43. The average Bonchev–Trinajstić information content (AvgIpc) is 3.45. The van der Waals surface area contributed by atoms with Crippen LogP contribution in [-0.2, 0) is 10.2 Å². The molecule has 26 heavy (non-hydrogen) atoms. The molecule has 2 aromatic carbocycles. The molecule has 2 unspecified atom stereocenters. The Bertz CT molecular complexity index is 706. The minimum atomic E-state index is -0.762. The standard InChI is InChI=1S/C21H25ClO4/c1-14(23)20(22)26-18-10-6-16(7-11-18)21(2,3)15-4-8-17(9-5-15)24-12-19-13-25-19/h4-11,14,19-20,23H,12-13H2,1-3H3/t14-,19?,20?/m0/s1. The van der Waals surface area contributed by atoms with Crippen LogP contribution in [-0.4, -0.2) is 36.1 Å².